The summed E-state index contributed by atoms with van der Waals surface area (Å²) < 4.78 is 9.35. The van der Waals surface area contributed by atoms with Crippen molar-refractivity contribution in [1.29, 1.82) is 0 Å². The van der Waals surface area contributed by atoms with Crippen LogP contribution in [0.3, 0.4) is 0 Å². The number of ketones is 1. The summed E-state index contributed by atoms with van der Waals surface area (Å²) in [7, 11) is 0. The highest BCUT2D eigenvalue weighted by Crippen LogP contribution is 2.19. The number of Topliss-reactive ketones (excluding diaryl/α,β-unsaturated/α-hetero) is 1. The van der Waals surface area contributed by atoms with Gasteiger partial charge in [-0.3, -0.25) is 9.78 Å². The van der Waals surface area contributed by atoms with Crippen molar-refractivity contribution in [2.24, 2.45) is 0 Å². The number of nitrogens with zero attached hydrogens (tertiary/aromatic N) is 1. The van der Waals surface area contributed by atoms with Gasteiger partial charge in [-0.1, -0.05) is 0 Å². The average Bonchev–Trinajstić information content (AvgIpc) is 2.47. The monoisotopic (exact) mass is 309 g/mol. The number of carbonyl (C=O) groups excluding carboxylic acids is 3. The molecule has 1 N–H and O–H groups in total. The number of aromatic nitrogens is 1. The van der Waals surface area contributed by atoms with Crippen LogP contribution < -0.4 is 0 Å². The predicted molar refractivity (Wildman–Crippen MR) is 76.1 cm³/mol. The third kappa shape index (κ3) is 4.11. The summed E-state index contributed by atoms with van der Waals surface area (Å²) in [6.45, 7) is 4.71. The van der Waals surface area contributed by atoms with Crippen LogP contribution in [0, 0.1) is 6.92 Å². The molecule has 0 saturated carbocycles. The Morgan fingerprint density at radius 1 is 1.14 bits per heavy atom. The molecule has 22 heavy (non-hydrogen) atoms. The van der Waals surface area contributed by atoms with Gasteiger partial charge in [0, 0.05) is 18.0 Å². The van der Waals surface area contributed by atoms with Crippen molar-refractivity contribution >= 4 is 17.7 Å². The van der Waals surface area contributed by atoms with E-state index in [0.717, 1.165) is 5.56 Å². The third-order valence-electron chi connectivity index (χ3n) is 2.84. The number of hydrogen-bond donors (Lipinski definition) is 1. The second-order valence-electron chi connectivity index (χ2n) is 4.65. The molecular weight excluding hydrogens is 290 g/mol. The highest BCUT2D eigenvalue weighted by Gasteiger charge is 2.49. The van der Waals surface area contributed by atoms with Crippen molar-refractivity contribution in [1.82, 2.24) is 4.98 Å². The van der Waals surface area contributed by atoms with Gasteiger partial charge in [-0.15, -0.1) is 0 Å². The fraction of sp³-hybridized carbons (Fsp3) is 0.467. The Labute approximate surface area is 128 Å². The lowest BCUT2D eigenvalue weighted by Crippen LogP contribution is -2.50. The molecule has 0 bridgehead atoms. The Kier molecular flexibility index (Phi) is 6.18. The summed E-state index contributed by atoms with van der Waals surface area (Å²) in [5.41, 5.74) is -1.74. The summed E-state index contributed by atoms with van der Waals surface area (Å²) in [6.07, 6.45) is 2.08. The minimum atomic E-state index is -2.66. The molecule has 0 aliphatic carbocycles. The first kappa shape index (κ1) is 17.8. The van der Waals surface area contributed by atoms with Crippen LogP contribution in [0.2, 0.25) is 0 Å². The van der Waals surface area contributed by atoms with Gasteiger partial charge in [0.15, 0.2) is 5.78 Å². The number of ether oxygens (including phenoxy) is 2. The molecule has 0 radical (unpaired) electrons. The van der Waals surface area contributed by atoms with Gasteiger partial charge in [0.1, 0.15) is 0 Å². The number of carbonyl (C=O) groups is 3. The molecule has 0 fully saturated rings. The minimum absolute atomic E-state index is 0.0409. The van der Waals surface area contributed by atoms with Crippen LogP contribution in [0.15, 0.2) is 18.5 Å². The summed E-state index contributed by atoms with van der Waals surface area (Å²) >= 11 is 0. The van der Waals surface area contributed by atoms with Crippen LogP contribution in [0.5, 0.6) is 0 Å². The first-order chi connectivity index (χ1) is 10.3. The van der Waals surface area contributed by atoms with Crippen molar-refractivity contribution in [3.05, 3.63) is 29.6 Å². The SMILES string of the molecule is CCOC(=O)C(O)(CC(=O)c1cncc(C)c1)C(=O)OCC. The van der Waals surface area contributed by atoms with E-state index >= 15 is 0 Å². The molecule has 0 aliphatic rings. The standard InChI is InChI=1S/C15H19NO6/c1-4-21-13(18)15(20,14(19)22-5-2)7-12(17)11-6-10(3)8-16-9-11/h6,8-9,20H,4-5,7H2,1-3H3. The molecule has 1 aromatic heterocycles. The number of pyridine rings is 1. The number of aryl methyl sites for hydroxylation is 1. The second kappa shape index (κ2) is 7.65. The highest BCUT2D eigenvalue weighted by molar-refractivity contribution is 6.10. The van der Waals surface area contributed by atoms with E-state index < -0.39 is 29.7 Å². The molecule has 1 aromatic rings. The quantitative estimate of drug-likeness (QED) is 0.452. The smallest absolute Gasteiger partial charge is 0.350 e. The lowest BCUT2D eigenvalue weighted by atomic mass is 9.94. The average molecular weight is 309 g/mol. The van der Waals surface area contributed by atoms with Crippen molar-refractivity contribution in [3.63, 3.8) is 0 Å². The predicted octanol–water partition coefficient (Wildman–Crippen LogP) is 0.820. The first-order valence-electron chi connectivity index (χ1n) is 6.86. The molecular formula is C15H19NO6. The molecule has 7 heteroatoms. The summed E-state index contributed by atoms with van der Waals surface area (Å²) in [4.78, 5) is 39.8. The molecule has 1 heterocycles. The van der Waals surface area contributed by atoms with Gasteiger partial charge in [0.05, 0.1) is 19.6 Å². The topological polar surface area (TPSA) is 103 Å². The molecule has 7 nitrogen and oxygen atoms in total. The zero-order chi connectivity index (χ0) is 16.8. The van der Waals surface area contributed by atoms with Gasteiger partial charge in [-0.05, 0) is 32.4 Å². The van der Waals surface area contributed by atoms with E-state index in [2.05, 4.69) is 14.5 Å². The Bertz CT molecular complexity index is 551. The summed E-state index contributed by atoms with van der Waals surface area (Å²) in [5, 5.41) is 10.3. The Morgan fingerprint density at radius 2 is 1.68 bits per heavy atom. The van der Waals surface area contributed by atoms with Gasteiger partial charge in [-0.2, -0.15) is 0 Å². The van der Waals surface area contributed by atoms with Crippen LogP contribution in [-0.2, 0) is 19.1 Å². The molecule has 0 aliphatic heterocycles. The van der Waals surface area contributed by atoms with Gasteiger partial charge in [0.2, 0.25) is 0 Å². The minimum Gasteiger partial charge on any atom is -0.463 e. The molecule has 0 unspecified atom stereocenters. The van der Waals surface area contributed by atoms with Crippen LogP contribution in [0.1, 0.15) is 36.2 Å². The third-order valence-corrected chi connectivity index (χ3v) is 2.84. The van der Waals surface area contributed by atoms with Crippen LogP contribution in [0.4, 0.5) is 0 Å². The van der Waals surface area contributed by atoms with Crippen molar-refractivity contribution < 1.29 is 29.0 Å². The molecule has 0 amide bonds. The normalized spacial score (nSPS) is 10.9. The van der Waals surface area contributed by atoms with Crippen LogP contribution in [0.25, 0.3) is 0 Å². The second-order valence-corrected chi connectivity index (χ2v) is 4.65. The lowest BCUT2D eigenvalue weighted by molar-refractivity contribution is -0.182. The fourth-order valence-electron chi connectivity index (χ4n) is 1.77. The van der Waals surface area contributed by atoms with Crippen LogP contribution >= 0.6 is 0 Å². The van der Waals surface area contributed by atoms with Crippen molar-refractivity contribution in [2.75, 3.05) is 13.2 Å². The van der Waals surface area contributed by atoms with E-state index in [4.69, 9.17) is 0 Å². The molecule has 0 atom stereocenters. The molecule has 1 rings (SSSR count). The number of esters is 2. The maximum atomic E-state index is 12.2. The van der Waals surface area contributed by atoms with E-state index in [9.17, 15) is 19.5 Å². The van der Waals surface area contributed by atoms with E-state index in [1.807, 2.05) is 0 Å². The van der Waals surface area contributed by atoms with Gasteiger partial charge >= 0.3 is 11.9 Å². The van der Waals surface area contributed by atoms with Crippen molar-refractivity contribution in [2.45, 2.75) is 32.8 Å². The van der Waals surface area contributed by atoms with E-state index in [0.29, 0.717) is 0 Å². The van der Waals surface area contributed by atoms with Crippen LogP contribution in [-0.4, -0.2) is 46.6 Å². The number of aliphatic hydroxyl groups is 1. The molecule has 120 valence electrons. The summed E-state index contributed by atoms with van der Waals surface area (Å²) in [6, 6.07) is 1.55. The maximum Gasteiger partial charge on any atom is 0.350 e. The molecule has 0 spiro atoms. The van der Waals surface area contributed by atoms with E-state index in [-0.39, 0.29) is 18.8 Å². The lowest BCUT2D eigenvalue weighted by Gasteiger charge is -2.22. The molecule has 0 saturated heterocycles. The molecule has 0 aromatic carbocycles. The van der Waals surface area contributed by atoms with E-state index in [1.165, 1.54) is 20.0 Å². The zero-order valence-electron chi connectivity index (χ0n) is 12.8. The highest BCUT2D eigenvalue weighted by atomic mass is 16.6. The zero-order valence-corrected chi connectivity index (χ0v) is 12.8. The van der Waals surface area contributed by atoms with E-state index in [1.54, 1.807) is 19.2 Å². The summed E-state index contributed by atoms with van der Waals surface area (Å²) in [5.74, 6) is -3.02. The maximum absolute atomic E-state index is 12.2. The fourth-order valence-corrected chi connectivity index (χ4v) is 1.77. The van der Waals surface area contributed by atoms with Gasteiger partial charge in [-0.25, -0.2) is 9.59 Å². The Morgan fingerprint density at radius 3 is 2.14 bits per heavy atom. The largest absolute Gasteiger partial charge is 0.463 e. The van der Waals surface area contributed by atoms with Gasteiger partial charge < -0.3 is 14.6 Å². The Hall–Kier alpha value is -2.28. The number of hydrogen-bond acceptors (Lipinski definition) is 7. The van der Waals surface area contributed by atoms with Gasteiger partial charge in [0.25, 0.3) is 5.60 Å². The number of rotatable bonds is 7. The first-order valence-corrected chi connectivity index (χ1v) is 6.86. The van der Waals surface area contributed by atoms with Crippen molar-refractivity contribution in [3.8, 4) is 0 Å². The Balaban J connectivity index is 3.04.